The summed E-state index contributed by atoms with van der Waals surface area (Å²) in [6.07, 6.45) is 4.03. The second kappa shape index (κ2) is 5.17. The molecule has 0 aliphatic heterocycles. The van der Waals surface area contributed by atoms with Crippen molar-refractivity contribution in [1.82, 2.24) is 5.32 Å². The number of hydrogen-bond donors (Lipinski definition) is 2. The first-order valence-corrected chi connectivity index (χ1v) is 6.38. The van der Waals surface area contributed by atoms with Crippen LogP contribution < -0.4 is 11.1 Å². The van der Waals surface area contributed by atoms with Crippen LogP contribution in [0.3, 0.4) is 0 Å². The normalized spacial score (nSPS) is 31.2. The third-order valence-electron chi connectivity index (χ3n) is 3.67. The van der Waals surface area contributed by atoms with Gasteiger partial charge in [-0.1, -0.05) is 26.7 Å². The molecule has 0 spiro atoms. The summed E-state index contributed by atoms with van der Waals surface area (Å²) in [5, 5.41) is 3.14. The fourth-order valence-corrected chi connectivity index (χ4v) is 2.46. The number of hydrogen-bond acceptors (Lipinski definition) is 2. The second-order valence-corrected chi connectivity index (χ2v) is 6.11. The summed E-state index contributed by atoms with van der Waals surface area (Å²) in [5.74, 6) is 1.39. The minimum atomic E-state index is -0.409. The highest BCUT2D eigenvalue weighted by molar-refractivity contribution is 5.77. The number of carbonyl (C=O) groups excluding carboxylic acids is 1. The molecular weight excluding hydrogens is 200 g/mol. The van der Waals surface area contributed by atoms with E-state index in [9.17, 15) is 4.79 Å². The van der Waals surface area contributed by atoms with Crippen LogP contribution in [0.4, 0.5) is 0 Å². The lowest BCUT2D eigenvalue weighted by molar-refractivity contribution is -0.123. The maximum absolute atomic E-state index is 11.8. The third kappa shape index (κ3) is 4.12. The quantitative estimate of drug-likeness (QED) is 0.774. The molecule has 3 heteroatoms. The molecule has 1 aliphatic rings. The molecule has 1 rings (SSSR count). The predicted octanol–water partition coefficient (Wildman–Crippen LogP) is 2.05. The zero-order chi connectivity index (χ0) is 12.3. The Hall–Kier alpha value is -0.570. The smallest absolute Gasteiger partial charge is 0.222 e. The molecule has 3 unspecified atom stereocenters. The first-order valence-electron chi connectivity index (χ1n) is 6.38. The van der Waals surface area contributed by atoms with Gasteiger partial charge in [-0.3, -0.25) is 4.79 Å². The lowest BCUT2D eigenvalue weighted by Gasteiger charge is -2.35. The molecule has 0 radical (unpaired) electrons. The largest absolute Gasteiger partial charge is 0.353 e. The molecular formula is C13H26N2O. The molecule has 94 valence electrons. The van der Waals surface area contributed by atoms with Crippen LogP contribution in [0.15, 0.2) is 0 Å². The molecule has 0 aromatic rings. The molecule has 3 atom stereocenters. The van der Waals surface area contributed by atoms with Crippen molar-refractivity contribution in [3.8, 4) is 0 Å². The summed E-state index contributed by atoms with van der Waals surface area (Å²) < 4.78 is 0. The molecule has 0 saturated heterocycles. The van der Waals surface area contributed by atoms with E-state index in [0.29, 0.717) is 24.3 Å². The topological polar surface area (TPSA) is 55.1 Å². The van der Waals surface area contributed by atoms with E-state index in [1.165, 1.54) is 12.8 Å². The minimum Gasteiger partial charge on any atom is -0.353 e. The predicted molar refractivity (Wildman–Crippen MR) is 67.0 cm³/mol. The van der Waals surface area contributed by atoms with Crippen LogP contribution in [0.1, 0.15) is 53.4 Å². The van der Waals surface area contributed by atoms with Crippen LogP contribution in [-0.2, 0) is 4.79 Å². The van der Waals surface area contributed by atoms with Crippen LogP contribution >= 0.6 is 0 Å². The van der Waals surface area contributed by atoms with Gasteiger partial charge in [-0.25, -0.2) is 0 Å². The van der Waals surface area contributed by atoms with Gasteiger partial charge in [0.25, 0.3) is 0 Å². The van der Waals surface area contributed by atoms with Crippen molar-refractivity contribution in [1.29, 1.82) is 0 Å². The van der Waals surface area contributed by atoms with Crippen molar-refractivity contribution in [2.75, 3.05) is 0 Å². The molecule has 1 amide bonds. The standard InChI is InChI=1S/C13H26N2O/c1-9-6-5-7-11(10(9)2)15-12(16)8-13(3,4)14/h9-11H,5-8,14H2,1-4H3,(H,15,16). The van der Waals surface area contributed by atoms with Gasteiger partial charge in [-0.2, -0.15) is 0 Å². The van der Waals surface area contributed by atoms with Crippen molar-refractivity contribution in [3.05, 3.63) is 0 Å². The first-order chi connectivity index (χ1) is 7.29. The van der Waals surface area contributed by atoms with Gasteiger partial charge in [0.1, 0.15) is 0 Å². The summed E-state index contributed by atoms with van der Waals surface area (Å²) in [5.41, 5.74) is 5.43. The fraction of sp³-hybridized carbons (Fsp3) is 0.923. The van der Waals surface area contributed by atoms with Gasteiger partial charge in [0.2, 0.25) is 5.91 Å². The van der Waals surface area contributed by atoms with Crippen LogP contribution in [0, 0.1) is 11.8 Å². The zero-order valence-electron chi connectivity index (χ0n) is 11.0. The highest BCUT2D eigenvalue weighted by atomic mass is 16.1. The Bertz CT molecular complexity index is 245. The van der Waals surface area contributed by atoms with Gasteiger partial charge < -0.3 is 11.1 Å². The monoisotopic (exact) mass is 226 g/mol. The van der Waals surface area contributed by atoms with Crippen molar-refractivity contribution >= 4 is 5.91 Å². The molecule has 1 fully saturated rings. The van der Waals surface area contributed by atoms with Crippen LogP contribution in [-0.4, -0.2) is 17.5 Å². The molecule has 1 saturated carbocycles. The Balaban J connectivity index is 2.44. The second-order valence-electron chi connectivity index (χ2n) is 6.11. The number of rotatable bonds is 3. The highest BCUT2D eigenvalue weighted by Gasteiger charge is 2.28. The van der Waals surface area contributed by atoms with E-state index in [0.717, 1.165) is 6.42 Å². The van der Waals surface area contributed by atoms with Crippen molar-refractivity contribution in [2.24, 2.45) is 17.6 Å². The van der Waals surface area contributed by atoms with Gasteiger partial charge in [0, 0.05) is 18.0 Å². The third-order valence-corrected chi connectivity index (χ3v) is 3.67. The van der Waals surface area contributed by atoms with Crippen molar-refractivity contribution in [2.45, 2.75) is 65.0 Å². The lowest BCUT2D eigenvalue weighted by atomic mass is 9.78. The van der Waals surface area contributed by atoms with E-state index < -0.39 is 5.54 Å². The maximum Gasteiger partial charge on any atom is 0.222 e. The molecule has 3 nitrogen and oxygen atoms in total. The van der Waals surface area contributed by atoms with E-state index in [-0.39, 0.29) is 5.91 Å². The SMILES string of the molecule is CC1CCCC(NC(=O)CC(C)(C)N)C1C. The number of nitrogens with two attached hydrogens (primary N) is 1. The van der Waals surface area contributed by atoms with Gasteiger partial charge in [0.15, 0.2) is 0 Å². The summed E-state index contributed by atoms with van der Waals surface area (Å²) in [6.45, 7) is 8.29. The zero-order valence-corrected chi connectivity index (χ0v) is 11.0. The van der Waals surface area contributed by atoms with Gasteiger partial charge in [0.05, 0.1) is 0 Å². The Morgan fingerprint density at radius 1 is 1.38 bits per heavy atom. The highest BCUT2D eigenvalue weighted by Crippen LogP contribution is 2.29. The molecule has 0 aromatic heterocycles. The van der Waals surface area contributed by atoms with Crippen molar-refractivity contribution < 1.29 is 4.79 Å². The number of nitrogens with one attached hydrogen (secondary N) is 1. The summed E-state index contributed by atoms with van der Waals surface area (Å²) in [4.78, 5) is 11.8. The van der Waals surface area contributed by atoms with E-state index in [1.807, 2.05) is 13.8 Å². The molecule has 0 bridgehead atoms. The first kappa shape index (κ1) is 13.5. The van der Waals surface area contributed by atoms with E-state index in [4.69, 9.17) is 5.73 Å². The van der Waals surface area contributed by atoms with E-state index >= 15 is 0 Å². The number of amides is 1. The van der Waals surface area contributed by atoms with Gasteiger partial charge in [-0.05, 0) is 32.1 Å². The van der Waals surface area contributed by atoms with Gasteiger partial charge >= 0.3 is 0 Å². The lowest BCUT2D eigenvalue weighted by Crippen LogP contribution is -2.47. The average molecular weight is 226 g/mol. The summed E-state index contributed by atoms with van der Waals surface area (Å²) in [6, 6.07) is 0.346. The summed E-state index contributed by atoms with van der Waals surface area (Å²) in [7, 11) is 0. The minimum absolute atomic E-state index is 0.0958. The Morgan fingerprint density at radius 2 is 2.00 bits per heavy atom. The average Bonchev–Trinajstić information content (AvgIpc) is 2.09. The Morgan fingerprint density at radius 3 is 2.56 bits per heavy atom. The Kier molecular flexibility index (Phi) is 4.36. The molecule has 16 heavy (non-hydrogen) atoms. The molecule has 0 aromatic carbocycles. The molecule has 0 heterocycles. The van der Waals surface area contributed by atoms with Crippen molar-refractivity contribution in [3.63, 3.8) is 0 Å². The maximum atomic E-state index is 11.8. The van der Waals surface area contributed by atoms with E-state index in [1.54, 1.807) is 0 Å². The summed E-state index contributed by atoms with van der Waals surface area (Å²) >= 11 is 0. The molecule has 3 N–H and O–H groups in total. The molecule has 1 aliphatic carbocycles. The van der Waals surface area contributed by atoms with Crippen LogP contribution in [0.25, 0.3) is 0 Å². The van der Waals surface area contributed by atoms with E-state index in [2.05, 4.69) is 19.2 Å². The number of carbonyl (C=O) groups is 1. The Labute approximate surface area is 99.2 Å². The van der Waals surface area contributed by atoms with Crippen LogP contribution in [0.5, 0.6) is 0 Å². The fourth-order valence-electron chi connectivity index (χ4n) is 2.46. The van der Waals surface area contributed by atoms with Crippen LogP contribution in [0.2, 0.25) is 0 Å². The van der Waals surface area contributed by atoms with Gasteiger partial charge in [-0.15, -0.1) is 0 Å².